The molecule has 0 radical (unpaired) electrons. The van der Waals surface area contributed by atoms with E-state index in [0.29, 0.717) is 5.69 Å². The van der Waals surface area contributed by atoms with Crippen LogP contribution in [-0.2, 0) is 4.79 Å². The van der Waals surface area contributed by atoms with Gasteiger partial charge in [-0.15, -0.1) is 11.3 Å². The Morgan fingerprint density at radius 2 is 2.00 bits per heavy atom. The number of amides is 1. The van der Waals surface area contributed by atoms with Crippen molar-refractivity contribution in [2.24, 2.45) is 0 Å². The minimum Gasteiger partial charge on any atom is -0.480 e. The second-order valence-electron chi connectivity index (χ2n) is 3.49. The first-order valence-corrected chi connectivity index (χ1v) is 6.09. The Hall–Kier alpha value is -2.21. The summed E-state index contributed by atoms with van der Waals surface area (Å²) in [6.45, 7) is -0.389. The normalized spacial score (nSPS) is 10.0. The van der Waals surface area contributed by atoms with Gasteiger partial charge in [0, 0.05) is 11.1 Å². The summed E-state index contributed by atoms with van der Waals surface area (Å²) in [4.78, 5) is 28.1. The zero-order valence-corrected chi connectivity index (χ0v) is 10.1. The molecule has 18 heavy (non-hydrogen) atoms. The number of nitrogens with zero attached hydrogens (tertiary/aromatic N) is 2. The number of para-hydroxylation sites is 1. The van der Waals surface area contributed by atoms with Crippen LogP contribution in [0, 0.1) is 0 Å². The molecule has 0 aliphatic rings. The summed E-state index contributed by atoms with van der Waals surface area (Å²) in [6.07, 6.45) is 0. The van der Waals surface area contributed by atoms with Crippen LogP contribution in [0.2, 0.25) is 0 Å². The molecule has 1 amide bonds. The van der Waals surface area contributed by atoms with Crippen LogP contribution in [0.1, 0.15) is 10.5 Å². The Balaban J connectivity index is 2.31. The van der Waals surface area contributed by atoms with Crippen LogP contribution in [0.5, 0.6) is 0 Å². The number of aliphatic carboxylic acids is 1. The second-order valence-corrected chi connectivity index (χ2v) is 4.21. The highest BCUT2D eigenvalue weighted by atomic mass is 32.1. The van der Waals surface area contributed by atoms with Crippen LogP contribution in [0.4, 0.5) is 5.69 Å². The van der Waals surface area contributed by atoms with E-state index in [1.54, 1.807) is 35.7 Å². The van der Waals surface area contributed by atoms with Crippen molar-refractivity contribution in [1.82, 2.24) is 4.98 Å². The molecule has 1 N–H and O–H groups in total. The van der Waals surface area contributed by atoms with Gasteiger partial charge in [-0.2, -0.15) is 0 Å². The van der Waals surface area contributed by atoms with Gasteiger partial charge in [0.15, 0.2) is 0 Å². The number of carbonyl (C=O) groups is 2. The van der Waals surface area contributed by atoms with Crippen molar-refractivity contribution in [1.29, 1.82) is 0 Å². The number of carboxylic acid groups (broad SMARTS) is 1. The Bertz CT molecular complexity index is 540. The van der Waals surface area contributed by atoms with E-state index in [1.165, 1.54) is 21.7 Å². The van der Waals surface area contributed by atoms with Crippen molar-refractivity contribution in [2.75, 3.05) is 11.4 Å². The molecule has 0 aliphatic heterocycles. The maximum absolute atomic E-state index is 12.1. The van der Waals surface area contributed by atoms with E-state index in [-0.39, 0.29) is 12.2 Å². The van der Waals surface area contributed by atoms with Gasteiger partial charge in [0.25, 0.3) is 5.91 Å². The molecule has 0 bridgehead atoms. The summed E-state index contributed by atoms with van der Waals surface area (Å²) in [5, 5.41) is 10.5. The monoisotopic (exact) mass is 262 g/mol. The molecule has 2 aromatic rings. The number of hydrogen-bond acceptors (Lipinski definition) is 4. The van der Waals surface area contributed by atoms with E-state index in [9.17, 15) is 9.59 Å². The van der Waals surface area contributed by atoms with Gasteiger partial charge in [0.1, 0.15) is 12.2 Å². The Kier molecular flexibility index (Phi) is 3.69. The van der Waals surface area contributed by atoms with Crippen molar-refractivity contribution in [2.45, 2.75) is 0 Å². The molecule has 0 spiro atoms. The topological polar surface area (TPSA) is 70.5 Å². The number of aromatic nitrogens is 1. The van der Waals surface area contributed by atoms with Gasteiger partial charge < -0.3 is 5.11 Å². The summed E-state index contributed by atoms with van der Waals surface area (Å²) >= 11 is 1.29. The predicted octanol–water partition coefficient (Wildman–Crippen LogP) is 1.87. The summed E-state index contributed by atoms with van der Waals surface area (Å²) in [5.41, 5.74) is 2.33. The molecule has 0 saturated carbocycles. The molecule has 6 heteroatoms. The predicted molar refractivity (Wildman–Crippen MR) is 67.9 cm³/mol. The quantitative estimate of drug-likeness (QED) is 0.913. The molecule has 0 atom stereocenters. The first-order chi connectivity index (χ1) is 8.68. The van der Waals surface area contributed by atoms with Gasteiger partial charge in [-0.05, 0) is 12.1 Å². The molecule has 0 fully saturated rings. The van der Waals surface area contributed by atoms with Crippen LogP contribution in [0.25, 0.3) is 0 Å². The summed E-state index contributed by atoms with van der Waals surface area (Å²) < 4.78 is 0. The zero-order valence-electron chi connectivity index (χ0n) is 9.31. The molecule has 5 nitrogen and oxygen atoms in total. The number of thiazole rings is 1. The van der Waals surface area contributed by atoms with Crippen molar-refractivity contribution in [3.8, 4) is 0 Å². The zero-order chi connectivity index (χ0) is 13.0. The summed E-state index contributed by atoms with van der Waals surface area (Å²) in [5.74, 6) is -1.48. The standard InChI is InChI=1S/C12H10N2O3S/c15-11(16)6-14(9-4-2-1-3-5-9)12(17)10-7-18-8-13-10/h1-5,7-8H,6H2,(H,15,16). The lowest BCUT2D eigenvalue weighted by Crippen LogP contribution is -2.35. The van der Waals surface area contributed by atoms with Crippen molar-refractivity contribution in [3.63, 3.8) is 0 Å². The number of rotatable bonds is 4. The van der Waals surface area contributed by atoms with E-state index in [1.807, 2.05) is 0 Å². The van der Waals surface area contributed by atoms with E-state index in [2.05, 4.69) is 4.98 Å². The van der Waals surface area contributed by atoms with E-state index >= 15 is 0 Å². The minimum atomic E-state index is -1.07. The van der Waals surface area contributed by atoms with Gasteiger partial charge in [0.2, 0.25) is 0 Å². The second kappa shape index (κ2) is 5.42. The Labute approximate surface area is 107 Å². The lowest BCUT2D eigenvalue weighted by atomic mass is 10.2. The first kappa shape index (κ1) is 12.3. The van der Waals surface area contributed by atoms with Crippen LogP contribution in [-0.4, -0.2) is 28.5 Å². The first-order valence-electron chi connectivity index (χ1n) is 5.15. The van der Waals surface area contributed by atoms with Crippen LogP contribution < -0.4 is 4.90 Å². The third kappa shape index (κ3) is 2.72. The molecule has 1 heterocycles. The molecule has 92 valence electrons. The number of hydrogen-bond donors (Lipinski definition) is 1. The Morgan fingerprint density at radius 1 is 1.28 bits per heavy atom. The van der Waals surface area contributed by atoms with Crippen LogP contribution in [0.15, 0.2) is 41.2 Å². The molecular weight excluding hydrogens is 252 g/mol. The highest BCUT2D eigenvalue weighted by Gasteiger charge is 2.21. The molecular formula is C12H10N2O3S. The van der Waals surface area contributed by atoms with Gasteiger partial charge in [0.05, 0.1) is 5.51 Å². The molecule has 1 aromatic heterocycles. The lowest BCUT2D eigenvalue weighted by Gasteiger charge is -2.19. The molecule has 0 aliphatic carbocycles. The summed E-state index contributed by atoms with van der Waals surface area (Å²) in [6, 6.07) is 8.67. The van der Waals surface area contributed by atoms with E-state index in [0.717, 1.165) is 0 Å². The van der Waals surface area contributed by atoms with Crippen LogP contribution in [0.3, 0.4) is 0 Å². The largest absolute Gasteiger partial charge is 0.480 e. The number of benzene rings is 1. The van der Waals surface area contributed by atoms with Gasteiger partial charge in [-0.3, -0.25) is 14.5 Å². The van der Waals surface area contributed by atoms with Gasteiger partial charge in [-0.1, -0.05) is 18.2 Å². The SMILES string of the molecule is O=C(O)CN(C(=O)c1cscn1)c1ccccc1. The number of anilines is 1. The van der Waals surface area contributed by atoms with Gasteiger partial charge >= 0.3 is 5.97 Å². The maximum Gasteiger partial charge on any atom is 0.323 e. The number of carboxylic acids is 1. The van der Waals surface area contributed by atoms with Crippen molar-refractivity contribution in [3.05, 3.63) is 46.9 Å². The third-order valence-electron chi connectivity index (χ3n) is 2.26. The summed E-state index contributed by atoms with van der Waals surface area (Å²) in [7, 11) is 0. The van der Waals surface area contributed by atoms with Gasteiger partial charge in [-0.25, -0.2) is 4.98 Å². The average molecular weight is 262 g/mol. The molecule has 0 unspecified atom stereocenters. The van der Waals surface area contributed by atoms with Crippen molar-refractivity contribution < 1.29 is 14.7 Å². The molecule has 0 saturated heterocycles. The molecule has 1 aromatic carbocycles. The fourth-order valence-corrected chi connectivity index (χ4v) is 2.01. The third-order valence-corrected chi connectivity index (χ3v) is 2.84. The number of carbonyl (C=O) groups excluding carboxylic acids is 1. The van der Waals surface area contributed by atoms with Crippen molar-refractivity contribution >= 4 is 28.9 Å². The van der Waals surface area contributed by atoms with E-state index in [4.69, 9.17) is 5.11 Å². The lowest BCUT2D eigenvalue weighted by molar-refractivity contribution is -0.135. The van der Waals surface area contributed by atoms with E-state index < -0.39 is 11.9 Å². The fourth-order valence-electron chi connectivity index (χ4n) is 1.48. The smallest absolute Gasteiger partial charge is 0.323 e. The maximum atomic E-state index is 12.1. The highest BCUT2D eigenvalue weighted by molar-refractivity contribution is 7.07. The molecule has 2 rings (SSSR count). The average Bonchev–Trinajstić information content (AvgIpc) is 2.90. The fraction of sp³-hybridized carbons (Fsp3) is 0.0833. The highest BCUT2D eigenvalue weighted by Crippen LogP contribution is 2.16. The minimum absolute atomic E-state index is 0.255. The van der Waals surface area contributed by atoms with Crippen LogP contribution >= 0.6 is 11.3 Å². The Morgan fingerprint density at radius 3 is 2.56 bits per heavy atom.